The SMILES string of the molecule is CC1CCCCN1CCCNC(=O)NCCc1cccc2ccccc12. The predicted molar refractivity (Wildman–Crippen MR) is 109 cm³/mol. The molecule has 4 heteroatoms. The van der Waals surface area contributed by atoms with Gasteiger partial charge in [-0.1, -0.05) is 48.9 Å². The molecule has 0 radical (unpaired) electrons. The van der Waals surface area contributed by atoms with Gasteiger partial charge in [0.15, 0.2) is 0 Å². The zero-order chi connectivity index (χ0) is 18.2. The fraction of sp³-hybridized carbons (Fsp3) is 0.500. The Labute approximate surface area is 157 Å². The summed E-state index contributed by atoms with van der Waals surface area (Å²) in [5.41, 5.74) is 1.28. The average Bonchev–Trinajstić information content (AvgIpc) is 2.67. The lowest BCUT2D eigenvalue weighted by molar-refractivity contribution is 0.159. The molecule has 140 valence electrons. The Morgan fingerprint density at radius 2 is 1.88 bits per heavy atom. The normalized spacial score (nSPS) is 18.0. The summed E-state index contributed by atoms with van der Waals surface area (Å²) in [4.78, 5) is 14.5. The summed E-state index contributed by atoms with van der Waals surface area (Å²) in [6, 6.07) is 15.4. The lowest BCUT2D eigenvalue weighted by Crippen LogP contribution is -2.41. The summed E-state index contributed by atoms with van der Waals surface area (Å²) in [5, 5.41) is 8.49. The summed E-state index contributed by atoms with van der Waals surface area (Å²) < 4.78 is 0. The summed E-state index contributed by atoms with van der Waals surface area (Å²) in [6.45, 7) is 5.99. The molecule has 1 fully saturated rings. The van der Waals surface area contributed by atoms with Crippen LogP contribution in [0, 0.1) is 0 Å². The van der Waals surface area contributed by atoms with Crippen LogP contribution in [0.15, 0.2) is 42.5 Å². The van der Waals surface area contributed by atoms with Crippen LogP contribution in [0.5, 0.6) is 0 Å². The quantitative estimate of drug-likeness (QED) is 0.741. The van der Waals surface area contributed by atoms with E-state index in [-0.39, 0.29) is 6.03 Å². The molecule has 3 rings (SSSR count). The third-order valence-corrected chi connectivity index (χ3v) is 5.41. The Morgan fingerprint density at radius 3 is 2.77 bits per heavy atom. The second-order valence-electron chi connectivity index (χ2n) is 7.31. The van der Waals surface area contributed by atoms with Crippen molar-refractivity contribution in [2.24, 2.45) is 0 Å². The Bertz CT molecular complexity index is 710. The number of rotatable bonds is 7. The van der Waals surface area contributed by atoms with Crippen molar-refractivity contribution in [2.45, 2.75) is 45.1 Å². The Hall–Kier alpha value is -2.07. The van der Waals surface area contributed by atoms with Crippen LogP contribution < -0.4 is 10.6 Å². The molecule has 0 spiro atoms. The lowest BCUT2D eigenvalue weighted by Gasteiger charge is -2.33. The minimum absolute atomic E-state index is 0.0584. The van der Waals surface area contributed by atoms with Crippen LogP contribution in [0.2, 0.25) is 0 Å². The molecule has 0 bridgehead atoms. The van der Waals surface area contributed by atoms with Gasteiger partial charge in [-0.05, 0) is 55.5 Å². The highest BCUT2D eigenvalue weighted by Crippen LogP contribution is 2.18. The predicted octanol–water partition coefficient (Wildman–Crippen LogP) is 3.95. The van der Waals surface area contributed by atoms with Gasteiger partial charge in [-0.15, -0.1) is 0 Å². The fourth-order valence-electron chi connectivity index (χ4n) is 3.86. The number of likely N-dealkylation sites (tertiary alicyclic amines) is 1. The number of hydrogen-bond acceptors (Lipinski definition) is 2. The van der Waals surface area contributed by atoms with Crippen LogP contribution in [-0.4, -0.2) is 43.2 Å². The molecule has 1 aliphatic heterocycles. The third-order valence-electron chi connectivity index (χ3n) is 5.41. The van der Waals surface area contributed by atoms with E-state index < -0.39 is 0 Å². The highest BCUT2D eigenvalue weighted by Gasteiger charge is 2.17. The van der Waals surface area contributed by atoms with Gasteiger partial charge in [0.2, 0.25) is 0 Å². The van der Waals surface area contributed by atoms with Crippen LogP contribution in [-0.2, 0) is 6.42 Å². The van der Waals surface area contributed by atoms with E-state index in [1.165, 1.54) is 42.1 Å². The number of nitrogens with one attached hydrogen (secondary N) is 2. The molecule has 4 nitrogen and oxygen atoms in total. The van der Waals surface area contributed by atoms with Crippen molar-refractivity contribution in [2.75, 3.05) is 26.2 Å². The van der Waals surface area contributed by atoms with Crippen molar-refractivity contribution < 1.29 is 4.79 Å². The van der Waals surface area contributed by atoms with Crippen molar-refractivity contribution in [3.05, 3.63) is 48.0 Å². The topological polar surface area (TPSA) is 44.4 Å². The van der Waals surface area contributed by atoms with Gasteiger partial charge in [-0.3, -0.25) is 0 Å². The maximum atomic E-state index is 12.0. The molecule has 2 N–H and O–H groups in total. The van der Waals surface area contributed by atoms with E-state index in [9.17, 15) is 4.79 Å². The van der Waals surface area contributed by atoms with Crippen molar-refractivity contribution in [1.29, 1.82) is 0 Å². The van der Waals surface area contributed by atoms with E-state index in [0.717, 1.165) is 25.9 Å². The molecule has 0 aliphatic carbocycles. The number of fused-ring (bicyclic) bond motifs is 1. The van der Waals surface area contributed by atoms with Gasteiger partial charge < -0.3 is 15.5 Å². The maximum absolute atomic E-state index is 12.0. The number of benzene rings is 2. The lowest BCUT2D eigenvalue weighted by atomic mass is 10.0. The number of piperidine rings is 1. The molecule has 1 saturated heterocycles. The van der Waals surface area contributed by atoms with E-state index in [2.05, 4.69) is 64.9 Å². The van der Waals surface area contributed by atoms with E-state index in [1.54, 1.807) is 0 Å². The fourth-order valence-corrected chi connectivity index (χ4v) is 3.86. The second kappa shape index (κ2) is 9.58. The maximum Gasteiger partial charge on any atom is 0.314 e. The van der Waals surface area contributed by atoms with E-state index in [4.69, 9.17) is 0 Å². The Balaban J connectivity index is 1.34. The minimum Gasteiger partial charge on any atom is -0.338 e. The molecule has 1 atom stereocenters. The number of carbonyl (C=O) groups excluding carboxylic acids is 1. The summed E-state index contributed by atoms with van der Waals surface area (Å²) in [7, 11) is 0. The van der Waals surface area contributed by atoms with Gasteiger partial charge in [0.1, 0.15) is 0 Å². The highest BCUT2D eigenvalue weighted by atomic mass is 16.2. The second-order valence-corrected chi connectivity index (χ2v) is 7.31. The molecule has 26 heavy (non-hydrogen) atoms. The summed E-state index contributed by atoms with van der Waals surface area (Å²) >= 11 is 0. The van der Waals surface area contributed by atoms with Crippen LogP contribution in [0.4, 0.5) is 4.79 Å². The van der Waals surface area contributed by atoms with Crippen molar-refractivity contribution in [1.82, 2.24) is 15.5 Å². The molecular weight excluding hydrogens is 322 g/mol. The monoisotopic (exact) mass is 353 g/mol. The van der Waals surface area contributed by atoms with Gasteiger partial charge in [0, 0.05) is 25.7 Å². The first-order chi connectivity index (χ1) is 12.7. The van der Waals surface area contributed by atoms with Crippen molar-refractivity contribution in [3.8, 4) is 0 Å². The number of amides is 2. The smallest absolute Gasteiger partial charge is 0.314 e. The van der Waals surface area contributed by atoms with Gasteiger partial charge >= 0.3 is 6.03 Å². The number of nitrogens with zero attached hydrogens (tertiary/aromatic N) is 1. The minimum atomic E-state index is -0.0584. The van der Waals surface area contributed by atoms with Gasteiger partial charge in [-0.25, -0.2) is 4.79 Å². The molecule has 1 heterocycles. The third kappa shape index (κ3) is 5.21. The molecule has 0 saturated carbocycles. The zero-order valence-corrected chi connectivity index (χ0v) is 15.8. The van der Waals surface area contributed by atoms with Gasteiger partial charge in [0.25, 0.3) is 0 Å². The van der Waals surface area contributed by atoms with Crippen molar-refractivity contribution >= 4 is 16.8 Å². The molecule has 2 aromatic carbocycles. The molecule has 2 aromatic rings. The van der Waals surface area contributed by atoms with Crippen LogP contribution in [0.3, 0.4) is 0 Å². The summed E-state index contributed by atoms with van der Waals surface area (Å²) in [6.07, 6.45) is 5.84. The van der Waals surface area contributed by atoms with Crippen LogP contribution in [0.1, 0.15) is 38.2 Å². The number of urea groups is 1. The van der Waals surface area contributed by atoms with Crippen LogP contribution >= 0.6 is 0 Å². The molecule has 1 unspecified atom stereocenters. The summed E-state index contributed by atoms with van der Waals surface area (Å²) in [5.74, 6) is 0. The van der Waals surface area contributed by atoms with E-state index >= 15 is 0 Å². The Kier molecular flexibility index (Phi) is 6.89. The van der Waals surface area contributed by atoms with E-state index in [1.807, 2.05) is 0 Å². The first-order valence-corrected chi connectivity index (χ1v) is 9.96. The van der Waals surface area contributed by atoms with E-state index in [0.29, 0.717) is 12.6 Å². The molecule has 2 amide bonds. The molecule has 1 aliphatic rings. The molecular formula is C22H31N3O. The van der Waals surface area contributed by atoms with Crippen LogP contribution in [0.25, 0.3) is 10.8 Å². The number of hydrogen-bond donors (Lipinski definition) is 2. The molecule has 0 aromatic heterocycles. The standard InChI is InChI=1S/C22H31N3O/c1-18-8-4-5-16-25(18)17-7-14-23-22(26)24-15-13-20-11-6-10-19-9-2-3-12-21(19)20/h2-3,6,9-12,18H,4-5,7-8,13-17H2,1H3,(H2,23,24,26). The Morgan fingerprint density at radius 1 is 1.08 bits per heavy atom. The first-order valence-electron chi connectivity index (χ1n) is 9.96. The van der Waals surface area contributed by atoms with Gasteiger partial charge in [-0.2, -0.15) is 0 Å². The average molecular weight is 354 g/mol. The zero-order valence-electron chi connectivity index (χ0n) is 15.8. The van der Waals surface area contributed by atoms with Gasteiger partial charge in [0.05, 0.1) is 0 Å². The highest BCUT2D eigenvalue weighted by molar-refractivity contribution is 5.85. The largest absolute Gasteiger partial charge is 0.338 e. The number of carbonyl (C=O) groups is 1. The van der Waals surface area contributed by atoms with Crippen molar-refractivity contribution in [3.63, 3.8) is 0 Å². The first kappa shape index (κ1) is 18.7.